The van der Waals surface area contributed by atoms with E-state index in [9.17, 15) is 4.79 Å². The number of fused-ring (bicyclic) bond motifs is 1. The van der Waals surface area contributed by atoms with Gasteiger partial charge in [-0.2, -0.15) is 4.68 Å². The number of hydrogen-bond acceptors (Lipinski definition) is 4. The first kappa shape index (κ1) is 13.8. The smallest absolute Gasteiger partial charge is 0.273 e. The number of nitrogens with one attached hydrogen (secondary N) is 1. The van der Waals surface area contributed by atoms with Crippen molar-refractivity contribution in [2.24, 2.45) is 0 Å². The normalized spacial score (nSPS) is 11.0. The third kappa shape index (κ3) is 2.33. The second kappa shape index (κ2) is 5.40. The molecule has 4 aromatic rings. The molecule has 0 saturated heterocycles. The van der Waals surface area contributed by atoms with Crippen LogP contribution in [0.1, 0.15) is 0 Å². The van der Waals surface area contributed by atoms with Crippen molar-refractivity contribution >= 4 is 21.6 Å². The Balaban J connectivity index is 1.85. The minimum absolute atomic E-state index is 0.148. The highest BCUT2D eigenvalue weighted by atomic mass is 32.1. The lowest BCUT2D eigenvalue weighted by molar-refractivity contribution is 0.416. The first-order valence-electron chi connectivity index (χ1n) is 7.07. The Hall–Kier alpha value is -2.86. The molecule has 2 aromatic heterocycles. The molecule has 0 amide bonds. The molecule has 23 heavy (non-hydrogen) atoms. The lowest BCUT2D eigenvalue weighted by atomic mass is 10.1. The van der Waals surface area contributed by atoms with Gasteiger partial charge in [0.15, 0.2) is 0 Å². The Morgan fingerprint density at radius 2 is 1.91 bits per heavy atom. The van der Waals surface area contributed by atoms with Crippen LogP contribution in [0.3, 0.4) is 0 Å². The van der Waals surface area contributed by atoms with Gasteiger partial charge in [0, 0.05) is 11.6 Å². The summed E-state index contributed by atoms with van der Waals surface area (Å²) >= 11 is 1.47. The number of para-hydroxylation sites is 2. The van der Waals surface area contributed by atoms with Crippen molar-refractivity contribution in [2.75, 3.05) is 7.11 Å². The van der Waals surface area contributed by atoms with E-state index in [0.717, 1.165) is 15.8 Å². The summed E-state index contributed by atoms with van der Waals surface area (Å²) in [6.07, 6.45) is 0. The van der Waals surface area contributed by atoms with Gasteiger partial charge in [0.2, 0.25) is 5.13 Å². The van der Waals surface area contributed by atoms with Crippen LogP contribution in [0.5, 0.6) is 5.75 Å². The van der Waals surface area contributed by atoms with Crippen LogP contribution in [-0.2, 0) is 0 Å². The number of methoxy groups -OCH3 is 1. The van der Waals surface area contributed by atoms with E-state index in [-0.39, 0.29) is 5.56 Å². The average molecular weight is 323 g/mol. The molecule has 5 nitrogen and oxygen atoms in total. The molecule has 4 rings (SSSR count). The Kier molecular flexibility index (Phi) is 3.24. The summed E-state index contributed by atoms with van der Waals surface area (Å²) in [6.45, 7) is 0. The fraction of sp³-hybridized carbons (Fsp3) is 0.0588. The van der Waals surface area contributed by atoms with E-state index in [0.29, 0.717) is 16.6 Å². The fourth-order valence-corrected chi connectivity index (χ4v) is 3.43. The summed E-state index contributed by atoms with van der Waals surface area (Å²) < 4.78 is 7.87. The Morgan fingerprint density at radius 3 is 2.74 bits per heavy atom. The molecule has 2 aromatic carbocycles. The maximum Gasteiger partial charge on any atom is 0.273 e. The van der Waals surface area contributed by atoms with E-state index in [1.807, 2.05) is 48.5 Å². The molecule has 0 aliphatic heterocycles. The molecule has 0 atom stereocenters. The molecular weight excluding hydrogens is 310 g/mol. The Bertz CT molecular complexity index is 1010. The summed E-state index contributed by atoms with van der Waals surface area (Å²) in [5.74, 6) is 0.713. The van der Waals surface area contributed by atoms with Crippen LogP contribution < -0.4 is 10.3 Å². The number of ether oxygens (including phenoxy) is 1. The monoisotopic (exact) mass is 323 g/mol. The van der Waals surface area contributed by atoms with Crippen molar-refractivity contribution in [2.45, 2.75) is 0 Å². The molecule has 2 heterocycles. The molecule has 0 spiro atoms. The summed E-state index contributed by atoms with van der Waals surface area (Å²) in [7, 11) is 1.61. The zero-order chi connectivity index (χ0) is 15.8. The van der Waals surface area contributed by atoms with Gasteiger partial charge in [0.05, 0.1) is 23.0 Å². The largest absolute Gasteiger partial charge is 0.496 e. The number of aromatic amines is 1. The van der Waals surface area contributed by atoms with Gasteiger partial charge in [-0.1, -0.05) is 35.6 Å². The summed E-state index contributed by atoms with van der Waals surface area (Å²) in [5.41, 5.74) is 2.27. The number of hydrogen-bond donors (Lipinski definition) is 1. The molecule has 0 radical (unpaired) electrons. The molecule has 0 bridgehead atoms. The quantitative estimate of drug-likeness (QED) is 0.628. The molecule has 0 fully saturated rings. The van der Waals surface area contributed by atoms with Crippen molar-refractivity contribution < 1.29 is 4.74 Å². The first-order chi connectivity index (χ1) is 11.3. The lowest BCUT2D eigenvalue weighted by Gasteiger charge is -2.05. The second-order valence-electron chi connectivity index (χ2n) is 5.01. The maximum absolute atomic E-state index is 12.3. The van der Waals surface area contributed by atoms with Gasteiger partial charge in [0.25, 0.3) is 5.56 Å². The predicted octanol–water partition coefficient (Wildman–Crippen LogP) is 3.45. The van der Waals surface area contributed by atoms with Gasteiger partial charge in [-0.25, -0.2) is 4.98 Å². The van der Waals surface area contributed by atoms with Gasteiger partial charge < -0.3 is 4.74 Å². The second-order valence-corrected chi connectivity index (χ2v) is 6.02. The highest BCUT2D eigenvalue weighted by Crippen LogP contribution is 2.28. The van der Waals surface area contributed by atoms with Crippen molar-refractivity contribution in [3.8, 4) is 22.1 Å². The Morgan fingerprint density at radius 1 is 1.13 bits per heavy atom. The molecule has 114 valence electrons. The summed E-state index contributed by atoms with van der Waals surface area (Å²) in [6, 6.07) is 17.0. The number of nitrogens with zero attached hydrogens (tertiary/aromatic N) is 2. The van der Waals surface area contributed by atoms with Gasteiger partial charge >= 0.3 is 0 Å². The van der Waals surface area contributed by atoms with E-state index in [1.54, 1.807) is 13.2 Å². The highest BCUT2D eigenvalue weighted by molar-refractivity contribution is 7.20. The predicted molar refractivity (Wildman–Crippen MR) is 91.6 cm³/mol. The molecule has 0 unspecified atom stereocenters. The van der Waals surface area contributed by atoms with E-state index >= 15 is 0 Å². The lowest BCUT2D eigenvalue weighted by Crippen LogP contribution is -2.12. The van der Waals surface area contributed by atoms with Crippen LogP contribution in [0, 0.1) is 0 Å². The van der Waals surface area contributed by atoms with Crippen LogP contribution in [0.2, 0.25) is 0 Å². The third-order valence-corrected chi connectivity index (χ3v) is 4.61. The van der Waals surface area contributed by atoms with Crippen LogP contribution >= 0.6 is 11.3 Å². The zero-order valence-corrected chi connectivity index (χ0v) is 13.1. The number of aromatic nitrogens is 3. The van der Waals surface area contributed by atoms with Gasteiger partial charge in [0.1, 0.15) is 5.75 Å². The molecule has 0 saturated carbocycles. The SMILES string of the molecule is COc1ccccc1-c1cc(=O)n(-c2nc3ccccc3s2)[nH]1. The van der Waals surface area contributed by atoms with Crippen molar-refractivity contribution in [3.63, 3.8) is 0 Å². The van der Waals surface area contributed by atoms with Crippen molar-refractivity contribution in [1.29, 1.82) is 0 Å². The number of thiazole rings is 1. The van der Waals surface area contributed by atoms with Gasteiger partial charge in [-0.05, 0) is 24.3 Å². The van der Waals surface area contributed by atoms with Gasteiger partial charge in [-0.3, -0.25) is 9.89 Å². The van der Waals surface area contributed by atoms with E-state index in [1.165, 1.54) is 16.0 Å². The van der Waals surface area contributed by atoms with E-state index in [4.69, 9.17) is 4.74 Å². The van der Waals surface area contributed by atoms with E-state index in [2.05, 4.69) is 10.1 Å². The van der Waals surface area contributed by atoms with Crippen LogP contribution in [0.15, 0.2) is 59.4 Å². The maximum atomic E-state index is 12.3. The highest BCUT2D eigenvalue weighted by Gasteiger charge is 2.13. The first-order valence-corrected chi connectivity index (χ1v) is 7.89. The number of benzene rings is 2. The summed E-state index contributed by atoms with van der Waals surface area (Å²) in [4.78, 5) is 16.9. The van der Waals surface area contributed by atoms with Crippen LogP contribution in [0.25, 0.3) is 26.6 Å². The fourth-order valence-electron chi connectivity index (χ4n) is 2.50. The van der Waals surface area contributed by atoms with Crippen molar-refractivity contribution in [3.05, 3.63) is 65.0 Å². The minimum Gasteiger partial charge on any atom is -0.496 e. The van der Waals surface area contributed by atoms with E-state index < -0.39 is 0 Å². The number of rotatable bonds is 3. The molecule has 0 aliphatic rings. The average Bonchev–Trinajstić information content (AvgIpc) is 3.17. The van der Waals surface area contributed by atoms with Gasteiger partial charge in [-0.15, -0.1) is 0 Å². The molecule has 1 N–H and O–H groups in total. The van der Waals surface area contributed by atoms with Crippen molar-refractivity contribution in [1.82, 2.24) is 14.8 Å². The molecule has 0 aliphatic carbocycles. The minimum atomic E-state index is -0.148. The molecule has 6 heteroatoms. The summed E-state index contributed by atoms with van der Waals surface area (Å²) in [5, 5.41) is 3.74. The zero-order valence-electron chi connectivity index (χ0n) is 12.3. The van der Waals surface area contributed by atoms with Crippen LogP contribution in [-0.4, -0.2) is 21.9 Å². The number of H-pyrrole nitrogens is 1. The third-order valence-electron chi connectivity index (χ3n) is 3.59. The Labute approximate surface area is 135 Å². The standard InChI is InChI=1S/C17H13N3O2S/c1-22-14-8-4-2-6-11(14)13-10-16(21)20(19-13)17-18-12-7-3-5-9-15(12)23-17/h2-10,19H,1H3. The topological polar surface area (TPSA) is 59.9 Å². The molecular formula is C17H13N3O2S. The van der Waals surface area contributed by atoms with Crippen LogP contribution in [0.4, 0.5) is 0 Å².